The molecule has 1 amide bonds. The van der Waals surface area contributed by atoms with Crippen LogP contribution in [0.15, 0.2) is 0 Å². The second-order valence-corrected chi connectivity index (χ2v) is 6.87. The number of hydrogen-bond acceptors (Lipinski definition) is 3. The molecule has 0 aliphatic heterocycles. The summed E-state index contributed by atoms with van der Waals surface area (Å²) in [5.41, 5.74) is 4.98. The maximum Gasteiger partial charge on any atom is 0.237 e. The van der Waals surface area contributed by atoms with Gasteiger partial charge in [0.2, 0.25) is 5.91 Å². The minimum atomic E-state index is -0.582. The number of nitrogens with zero attached hydrogens (tertiary/aromatic N) is 1. The molecule has 4 nitrogen and oxygen atoms in total. The highest BCUT2D eigenvalue weighted by molar-refractivity contribution is 5.84. The van der Waals surface area contributed by atoms with Crippen molar-refractivity contribution in [3.8, 4) is 0 Å². The summed E-state index contributed by atoms with van der Waals surface area (Å²) in [6.07, 6.45) is 8.58. The maximum atomic E-state index is 11.7. The van der Waals surface area contributed by atoms with E-state index in [1.165, 1.54) is 32.1 Å². The topological polar surface area (TPSA) is 58.4 Å². The van der Waals surface area contributed by atoms with Crippen LogP contribution in [0.1, 0.15) is 65.7 Å². The van der Waals surface area contributed by atoms with E-state index in [0.717, 1.165) is 25.4 Å². The van der Waals surface area contributed by atoms with E-state index in [4.69, 9.17) is 5.73 Å². The summed E-state index contributed by atoms with van der Waals surface area (Å²) < 4.78 is 0. The van der Waals surface area contributed by atoms with Crippen molar-refractivity contribution in [2.45, 2.75) is 83.3 Å². The van der Waals surface area contributed by atoms with Gasteiger partial charge in [-0.25, -0.2) is 0 Å². The van der Waals surface area contributed by atoms with E-state index in [9.17, 15) is 4.79 Å². The molecule has 0 aromatic rings. The number of carbonyl (C=O) groups is 1. The Hall–Kier alpha value is -0.610. The van der Waals surface area contributed by atoms with Gasteiger partial charge < -0.3 is 16.0 Å². The lowest BCUT2D eigenvalue weighted by Gasteiger charge is -2.33. The molecule has 118 valence electrons. The Balaban J connectivity index is 2.37. The molecule has 1 unspecified atom stereocenters. The van der Waals surface area contributed by atoms with Gasteiger partial charge in [0.1, 0.15) is 0 Å². The number of primary amides is 1. The molecule has 0 radical (unpaired) electrons. The van der Waals surface area contributed by atoms with E-state index in [1.807, 2.05) is 6.92 Å². The number of carbonyl (C=O) groups excluding carboxylic acids is 1. The first kappa shape index (κ1) is 17.4. The number of hydrogen-bond donors (Lipinski definition) is 2. The van der Waals surface area contributed by atoms with Crippen LogP contribution in [0.4, 0.5) is 0 Å². The lowest BCUT2D eigenvalue weighted by Crippen LogP contribution is -2.55. The van der Waals surface area contributed by atoms with Gasteiger partial charge >= 0.3 is 0 Å². The zero-order valence-electron chi connectivity index (χ0n) is 13.7. The van der Waals surface area contributed by atoms with E-state index >= 15 is 0 Å². The third-order valence-corrected chi connectivity index (χ3v) is 4.54. The predicted molar refractivity (Wildman–Crippen MR) is 84.6 cm³/mol. The van der Waals surface area contributed by atoms with Gasteiger partial charge in [-0.05, 0) is 60.0 Å². The Kier molecular flexibility index (Phi) is 6.96. The zero-order valence-corrected chi connectivity index (χ0v) is 13.7. The molecule has 1 saturated carbocycles. The van der Waals surface area contributed by atoms with Crippen LogP contribution in [0.3, 0.4) is 0 Å². The van der Waals surface area contributed by atoms with Crippen LogP contribution in [0.5, 0.6) is 0 Å². The van der Waals surface area contributed by atoms with Crippen molar-refractivity contribution in [1.29, 1.82) is 0 Å². The number of rotatable bonds is 8. The fraction of sp³-hybridized carbons (Fsp3) is 0.938. The molecular weight excluding hydrogens is 250 g/mol. The van der Waals surface area contributed by atoms with Crippen molar-refractivity contribution in [3.05, 3.63) is 0 Å². The summed E-state index contributed by atoms with van der Waals surface area (Å²) in [5.74, 6) is -0.244. The minimum absolute atomic E-state index is 0.244. The van der Waals surface area contributed by atoms with Gasteiger partial charge in [-0.15, -0.1) is 0 Å². The molecule has 0 bridgehead atoms. The summed E-state index contributed by atoms with van der Waals surface area (Å²) in [4.78, 5) is 14.1. The lowest BCUT2D eigenvalue weighted by molar-refractivity contribution is -0.124. The predicted octanol–water partition coefficient (Wildman–Crippen LogP) is 2.27. The highest BCUT2D eigenvalue weighted by Crippen LogP contribution is 2.22. The largest absolute Gasteiger partial charge is 0.368 e. The fourth-order valence-electron chi connectivity index (χ4n) is 3.29. The van der Waals surface area contributed by atoms with Crippen molar-refractivity contribution in [2.24, 2.45) is 5.73 Å². The van der Waals surface area contributed by atoms with Crippen LogP contribution in [0.25, 0.3) is 0 Å². The van der Waals surface area contributed by atoms with Gasteiger partial charge in [0, 0.05) is 12.1 Å². The van der Waals surface area contributed by atoms with Crippen LogP contribution in [0, 0.1) is 0 Å². The van der Waals surface area contributed by atoms with E-state index in [0.29, 0.717) is 0 Å². The smallest absolute Gasteiger partial charge is 0.237 e. The second kappa shape index (κ2) is 7.99. The van der Waals surface area contributed by atoms with Crippen molar-refractivity contribution < 1.29 is 4.79 Å². The molecule has 1 rings (SSSR count). The van der Waals surface area contributed by atoms with Crippen LogP contribution < -0.4 is 11.1 Å². The number of amides is 1. The Morgan fingerprint density at radius 1 is 1.35 bits per heavy atom. The molecule has 4 heteroatoms. The molecule has 1 aliphatic rings. The van der Waals surface area contributed by atoms with Gasteiger partial charge in [-0.1, -0.05) is 19.3 Å². The van der Waals surface area contributed by atoms with Crippen molar-refractivity contribution in [3.63, 3.8) is 0 Å². The summed E-state index contributed by atoms with van der Waals surface area (Å²) >= 11 is 0. The summed E-state index contributed by atoms with van der Waals surface area (Å²) in [7, 11) is 2.22. The van der Waals surface area contributed by atoms with E-state index in [-0.39, 0.29) is 11.9 Å². The molecule has 0 aromatic carbocycles. The first-order chi connectivity index (χ1) is 9.35. The lowest BCUT2D eigenvalue weighted by atomic mass is 9.92. The highest BCUT2D eigenvalue weighted by Gasteiger charge is 2.31. The quantitative estimate of drug-likeness (QED) is 0.718. The Bertz CT molecular complexity index is 300. The molecule has 1 aliphatic carbocycles. The van der Waals surface area contributed by atoms with E-state index in [1.54, 1.807) is 0 Å². The second-order valence-electron chi connectivity index (χ2n) is 6.87. The fourth-order valence-corrected chi connectivity index (χ4v) is 3.29. The number of nitrogens with one attached hydrogen (secondary N) is 1. The molecule has 3 N–H and O–H groups in total. The first-order valence-corrected chi connectivity index (χ1v) is 8.13. The molecule has 0 aromatic heterocycles. The molecular formula is C16H33N3O. The average molecular weight is 283 g/mol. The van der Waals surface area contributed by atoms with Crippen molar-refractivity contribution in [1.82, 2.24) is 10.2 Å². The Morgan fingerprint density at radius 3 is 2.45 bits per heavy atom. The SMILES string of the molecule is CC(C)NC(C)(CCCN(C)C1CCCCC1)C(N)=O. The number of nitrogens with two attached hydrogens (primary N) is 1. The van der Waals surface area contributed by atoms with Gasteiger partial charge in [0.15, 0.2) is 0 Å². The molecule has 20 heavy (non-hydrogen) atoms. The molecule has 1 fully saturated rings. The standard InChI is InChI=1S/C16H33N3O/c1-13(2)18-16(3,15(17)20)11-8-12-19(4)14-9-6-5-7-10-14/h13-14,18H,5-12H2,1-4H3,(H2,17,20). The van der Waals surface area contributed by atoms with Gasteiger partial charge in [-0.2, -0.15) is 0 Å². The average Bonchev–Trinajstić information content (AvgIpc) is 2.38. The molecule has 0 spiro atoms. The minimum Gasteiger partial charge on any atom is -0.368 e. The normalized spacial score (nSPS) is 20.3. The summed E-state index contributed by atoms with van der Waals surface area (Å²) in [6.45, 7) is 7.08. The van der Waals surface area contributed by atoms with Crippen LogP contribution in [-0.2, 0) is 4.79 Å². The van der Waals surface area contributed by atoms with E-state index in [2.05, 4.69) is 31.1 Å². The van der Waals surface area contributed by atoms with Gasteiger partial charge in [0.05, 0.1) is 5.54 Å². The third kappa shape index (κ3) is 5.41. The van der Waals surface area contributed by atoms with Gasteiger partial charge in [-0.3, -0.25) is 4.79 Å². The first-order valence-electron chi connectivity index (χ1n) is 8.13. The Morgan fingerprint density at radius 2 is 1.95 bits per heavy atom. The Labute approximate surface area is 124 Å². The maximum absolute atomic E-state index is 11.7. The summed E-state index contributed by atoms with van der Waals surface area (Å²) in [5, 5.41) is 3.32. The highest BCUT2D eigenvalue weighted by atomic mass is 16.1. The third-order valence-electron chi connectivity index (χ3n) is 4.54. The van der Waals surface area contributed by atoms with E-state index < -0.39 is 5.54 Å². The monoisotopic (exact) mass is 283 g/mol. The zero-order chi connectivity index (χ0) is 15.2. The molecule has 1 atom stereocenters. The van der Waals surface area contributed by atoms with Crippen LogP contribution in [-0.4, -0.2) is 42.0 Å². The van der Waals surface area contributed by atoms with Crippen LogP contribution in [0.2, 0.25) is 0 Å². The molecule has 0 saturated heterocycles. The molecule has 0 heterocycles. The van der Waals surface area contributed by atoms with Crippen molar-refractivity contribution in [2.75, 3.05) is 13.6 Å². The summed E-state index contributed by atoms with van der Waals surface area (Å²) in [6, 6.07) is 1.00. The van der Waals surface area contributed by atoms with Crippen molar-refractivity contribution >= 4 is 5.91 Å². The van der Waals surface area contributed by atoms with Gasteiger partial charge in [0.25, 0.3) is 0 Å². The van der Waals surface area contributed by atoms with Crippen LogP contribution >= 0.6 is 0 Å².